The first kappa shape index (κ1) is 21.2. The molecule has 1 aromatic carbocycles. The third-order valence-electron chi connectivity index (χ3n) is 4.95. The molecule has 0 unspecified atom stereocenters. The molecular formula is C21H35N5O. The molecule has 0 radical (unpaired) electrons. The number of nitrogens with one attached hydrogen (secondary N) is 2. The fourth-order valence-electron chi connectivity index (χ4n) is 3.21. The maximum atomic E-state index is 12.2. The van der Waals surface area contributed by atoms with Gasteiger partial charge in [-0.15, -0.1) is 0 Å². The molecule has 0 bridgehead atoms. The number of carbonyl (C=O) groups excluding carboxylic acids is 1. The number of nitrogens with zero attached hydrogens (tertiary/aromatic N) is 3. The third kappa shape index (κ3) is 7.21. The first-order chi connectivity index (χ1) is 13.2. The first-order valence-electron chi connectivity index (χ1n) is 10.3. The predicted octanol–water partition coefficient (Wildman–Crippen LogP) is 2.21. The number of benzene rings is 1. The number of carbonyl (C=O) groups is 1. The number of hydrogen-bond donors (Lipinski definition) is 2. The Morgan fingerprint density at radius 2 is 1.67 bits per heavy atom. The molecule has 1 aromatic rings. The second-order valence-electron chi connectivity index (χ2n) is 6.91. The van der Waals surface area contributed by atoms with Crippen molar-refractivity contribution < 1.29 is 4.79 Å². The number of aliphatic imine (C=N–C) groups is 1. The van der Waals surface area contributed by atoms with Crippen LogP contribution in [0.5, 0.6) is 0 Å². The summed E-state index contributed by atoms with van der Waals surface area (Å²) in [6.45, 7) is 13.0. The zero-order valence-electron chi connectivity index (χ0n) is 17.1. The largest absolute Gasteiger partial charge is 0.357 e. The van der Waals surface area contributed by atoms with Crippen molar-refractivity contribution in [1.29, 1.82) is 0 Å². The molecule has 0 aromatic heterocycles. The van der Waals surface area contributed by atoms with E-state index in [9.17, 15) is 4.79 Å². The molecule has 27 heavy (non-hydrogen) atoms. The summed E-state index contributed by atoms with van der Waals surface area (Å²) in [7, 11) is 0. The summed E-state index contributed by atoms with van der Waals surface area (Å²) in [6, 6.07) is 8.64. The van der Waals surface area contributed by atoms with E-state index in [1.165, 1.54) is 11.1 Å². The summed E-state index contributed by atoms with van der Waals surface area (Å²) in [6.07, 6.45) is 2.23. The van der Waals surface area contributed by atoms with Gasteiger partial charge in [-0.25, -0.2) is 4.99 Å². The maximum Gasteiger partial charge on any atom is 0.241 e. The van der Waals surface area contributed by atoms with E-state index in [1.807, 2.05) is 11.8 Å². The molecule has 1 aliphatic rings. The lowest BCUT2D eigenvalue weighted by Crippen LogP contribution is -2.44. The lowest BCUT2D eigenvalue weighted by atomic mass is 10.1. The second kappa shape index (κ2) is 11.6. The van der Waals surface area contributed by atoms with Crippen LogP contribution in [-0.2, 0) is 17.9 Å². The van der Waals surface area contributed by atoms with E-state index in [0.717, 1.165) is 52.1 Å². The number of hydrogen-bond acceptors (Lipinski definition) is 3. The highest BCUT2D eigenvalue weighted by atomic mass is 16.2. The zero-order chi connectivity index (χ0) is 19.5. The van der Waals surface area contributed by atoms with Crippen LogP contribution in [0.15, 0.2) is 29.3 Å². The second-order valence-corrected chi connectivity index (χ2v) is 6.91. The highest BCUT2D eigenvalue weighted by molar-refractivity contribution is 5.86. The van der Waals surface area contributed by atoms with Crippen LogP contribution < -0.4 is 10.6 Å². The van der Waals surface area contributed by atoms with Crippen molar-refractivity contribution in [1.82, 2.24) is 20.4 Å². The number of rotatable bonds is 9. The van der Waals surface area contributed by atoms with Crippen LogP contribution in [0.4, 0.5) is 0 Å². The number of guanidine groups is 1. The molecule has 0 aliphatic carbocycles. The summed E-state index contributed by atoms with van der Waals surface area (Å²) in [5.74, 6) is 0.844. The van der Waals surface area contributed by atoms with Crippen LogP contribution >= 0.6 is 0 Å². The Hall–Kier alpha value is -2.08. The Morgan fingerprint density at radius 3 is 2.26 bits per heavy atom. The van der Waals surface area contributed by atoms with Gasteiger partial charge in [0.1, 0.15) is 0 Å². The molecular weight excluding hydrogens is 338 g/mol. The highest BCUT2D eigenvalue weighted by Crippen LogP contribution is 2.09. The molecule has 0 spiro atoms. The van der Waals surface area contributed by atoms with E-state index >= 15 is 0 Å². The van der Waals surface area contributed by atoms with Gasteiger partial charge in [-0.2, -0.15) is 0 Å². The van der Waals surface area contributed by atoms with E-state index < -0.39 is 0 Å². The topological polar surface area (TPSA) is 60.0 Å². The molecule has 1 amide bonds. The van der Waals surface area contributed by atoms with E-state index in [1.54, 1.807) is 0 Å². The third-order valence-corrected chi connectivity index (χ3v) is 4.95. The van der Waals surface area contributed by atoms with Gasteiger partial charge in [0, 0.05) is 26.2 Å². The van der Waals surface area contributed by atoms with E-state index in [4.69, 9.17) is 0 Å². The van der Waals surface area contributed by atoms with Gasteiger partial charge in [-0.3, -0.25) is 9.69 Å². The van der Waals surface area contributed by atoms with E-state index in [2.05, 4.69) is 58.6 Å². The number of likely N-dealkylation sites (tertiary alicyclic amines) is 1. The Bertz CT molecular complexity index is 589. The molecule has 1 heterocycles. The highest BCUT2D eigenvalue weighted by Gasteiger charge is 2.17. The Kier molecular flexibility index (Phi) is 9.11. The lowest BCUT2D eigenvalue weighted by molar-refractivity contribution is -0.128. The van der Waals surface area contributed by atoms with E-state index in [-0.39, 0.29) is 5.91 Å². The summed E-state index contributed by atoms with van der Waals surface area (Å²) < 4.78 is 0. The van der Waals surface area contributed by atoms with Gasteiger partial charge >= 0.3 is 0 Å². The minimum Gasteiger partial charge on any atom is -0.357 e. The van der Waals surface area contributed by atoms with Gasteiger partial charge in [0.15, 0.2) is 5.96 Å². The van der Waals surface area contributed by atoms with Crippen molar-refractivity contribution in [2.24, 2.45) is 4.99 Å². The zero-order valence-corrected chi connectivity index (χ0v) is 17.1. The Labute approximate surface area is 164 Å². The molecule has 1 saturated heterocycles. The lowest BCUT2D eigenvalue weighted by Gasteiger charge is -2.18. The van der Waals surface area contributed by atoms with Crippen molar-refractivity contribution in [2.45, 2.75) is 46.7 Å². The molecule has 2 rings (SSSR count). The van der Waals surface area contributed by atoms with Crippen LogP contribution in [-0.4, -0.2) is 60.9 Å². The monoisotopic (exact) mass is 373 g/mol. The average molecular weight is 374 g/mol. The van der Waals surface area contributed by atoms with Crippen molar-refractivity contribution >= 4 is 11.9 Å². The fraction of sp³-hybridized carbons (Fsp3) is 0.619. The van der Waals surface area contributed by atoms with Gasteiger partial charge in [0.25, 0.3) is 0 Å². The molecule has 150 valence electrons. The van der Waals surface area contributed by atoms with Gasteiger partial charge in [-0.1, -0.05) is 38.1 Å². The smallest absolute Gasteiger partial charge is 0.241 e. The van der Waals surface area contributed by atoms with Crippen LogP contribution in [0.2, 0.25) is 0 Å². The molecule has 6 nitrogen and oxygen atoms in total. The summed E-state index contributed by atoms with van der Waals surface area (Å²) >= 11 is 0. The molecule has 1 aliphatic heterocycles. The van der Waals surface area contributed by atoms with Gasteiger partial charge < -0.3 is 15.5 Å². The van der Waals surface area contributed by atoms with Crippen LogP contribution in [0.3, 0.4) is 0 Å². The summed E-state index contributed by atoms with van der Waals surface area (Å²) in [5, 5.41) is 6.37. The van der Waals surface area contributed by atoms with Crippen molar-refractivity contribution in [3.8, 4) is 0 Å². The van der Waals surface area contributed by atoms with Gasteiger partial charge in [-0.05, 0) is 44.0 Å². The predicted molar refractivity (Wildman–Crippen MR) is 112 cm³/mol. The average Bonchev–Trinajstić information content (AvgIpc) is 3.24. The molecule has 1 fully saturated rings. The molecule has 0 saturated carbocycles. The minimum atomic E-state index is 0.152. The standard InChI is InChI=1S/C21H35N5O/c1-4-22-21(24-16-20(27)26-13-7-8-14-26)23-15-18-9-11-19(12-10-18)17-25(5-2)6-3/h9-12H,4-8,13-17H2,1-3H3,(H2,22,23,24). The maximum absolute atomic E-state index is 12.2. The van der Waals surface area contributed by atoms with Crippen molar-refractivity contribution in [3.63, 3.8) is 0 Å². The summed E-state index contributed by atoms with van der Waals surface area (Å²) in [4.78, 5) is 21.1. The van der Waals surface area contributed by atoms with Crippen LogP contribution in [0.25, 0.3) is 0 Å². The van der Waals surface area contributed by atoms with Gasteiger partial charge in [0.05, 0.1) is 13.1 Å². The van der Waals surface area contributed by atoms with Crippen LogP contribution in [0.1, 0.15) is 44.7 Å². The quantitative estimate of drug-likeness (QED) is 0.515. The SMILES string of the molecule is CCNC(=NCc1ccc(CN(CC)CC)cc1)NCC(=O)N1CCCC1. The normalized spacial score (nSPS) is 14.7. The minimum absolute atomic E-state index is 0.152. The fourth-order valence-corrected chi connectivity index (χ4v) is 3.21. The molecule has 2 N–H and O–H groups in total. The van der Waals surface area contributed by atoms with Crippen molar-refractivity contribution in [2.75, 3.05) is 39.3 Å². The molecule has 0 atom stereocenters. The summed E-state index contributed by atoms with van der Waals surface area (Å²) in [5.41, 5.74) is 2.49. The first-order valence-corrected chi connectivity index (χ1v) is 10.3. The van der Waals surface area contributed by atoms with Gasteiger partial charge in [0.2, 0.25) is 5.91 Å². The number of amides is 1. The Morgan fingerprint density at radius 1 is 1.04 bits per heavy atom. The van der Waals surface area contributed by atoms with Crippen molar-refractivity contribution in [3.05, 3.63) is 35.4 Å². The van der Waals surface area contributed by atoms with E-state index in [0.29, 0.717) is 19.0 Å². The Balaban J connectivity index is 1.86. The molecule has 6 heteroatoms. The van der Waals surface area contributed by atoms with Crippen LogP contribution in [0, 0.1) is 0 Å².